The second-order valence-electron chi connectivity index (χ2n) is 3.70. The van der Waals surface area contributed by atoms with Gasteiger partial charge in [0.2, 0.25) is 0 Å². The van der Waals surface area contributed by atoms with E-state index in [0.29, 0.717) is 0 Å². The quantitative estimate of drug-likeness (QED) is 0.555. The van der Waals surface area contributed by atoms with Crippen LogP contribution in [0.15, 0.2) is 16.5 Å². The van der Waals surface area contributed by atoms with Crippen LogP contribution >= 0.6 is 22.6 Å². The van der Waals surface area contributed by atoms with Gasteiger partial charge in [0, 0.05) is 13.2 Å². The fraction of sp³-hybridized carbons (Fsp3) is 0.667. The number of unbranched alkanes of at least 4 members (excludes halogenated alkanes) is 1. The minimum atomic E-state index is 0.804. The minimum absolute atomic E-state index is 0.804. The second-order valence-corrected chi connectivity index (χ2v) is 4.77. The molecule has 0 saturated carbocycles. The van der Waals surface area contributed by atoms with Crippen LogP contribution in [0, 0.1) is 3.77 Å². The van der Waals surface area contributed by atoms with E-state index in [-0.39, 0.29) is 0 Å². The van der Waals surface area contributed by atoms with Crippen LogP contribution in [0.1, 0.15) is 31.9 Å². The molecule has 16 heavy (non-hydrogen) atoms. The molecule has 0 atom stereocenters. The molecule has 1 aromatic rings. The zero-order chi connectivity index (χ0) is 11.6. The summed E-state index contributed by atoms with van der Waals surface area (Å²) in [6.07, 6.45) is 3.43. The molecule has 1 rings (SSSR count). The molecule has 0 saturated heterocycles. The molecule has 0 radical (unpaired) electrons. The van der Waals surface area contributed by atoms with Crippen LogP contribution in [0.2, 0.25) is 0 Å². The third kappa shape index (κ3) is 6.50. The number of ether oxygens (including phenoxy) is 1. The van der Waals surface area contributed by atoms with E-state index in [4.69, 9.17) is 9.15 Å². The number of rotatable bonds is 9. The van der Waals surface area contributed by atoms with E-state index >= 15 is 0 Å². The first-order chi connectivity index (χ1) is 7.83. The highest BCUT2D eigenvalue weighted by Gasteiger charge is 1.97. The Bertz CT molecular complexity index is 276. The molecule has 92 valence electrons. The minimum Gasteiger partial charge on any atom is -0.454 e. The van der Waals surface area contributed by atoms with Gasteiger partial charge in [-0.2, -0.15) is 0 Å². The van der Waals surface area contributed by atoms with Crippen molar-refractivity contribution in [2.75, 3.05) is 19.8 Å². The van der Waals surface area contributed by atoms with E-state index < -0.39 is 0 Å². The van der Waals surface area contributed by atoms with Gasteiger partial charge in [-0.3, -0.25) is 0 Å². The lowest BCUT2D eigenvalue weighted by atomic mass is 10.3. The van der Waals surface area contributed by atoms with Crippen molar-refractivity contribution in [2.24, 2.45) is 0 Å². The van der Waals surface area contributed by atoms with Crippen LogP contribution in [0.4, 0.5) is 0 Å². The summed E-state index contributed by atoms with van der Waals surface area (Å²) < 4.78 is 11.8. The van der Waals surface area contributed by atoms with E-state index in [9.17, 15) is 0 Å². The Morgan fingerprint density at radius 1 is 1.31 bits per heavy atom. The second kappa shape index (κ2) is 9.01. The lowest BCUT2D eigenvalue weighted by Crippen LogP contribution is -2.16. The molecule has 0 amide bonds. The van der Waals surface area contributed by atoms with Crippen molar-refractivity contribution in [1.29, 1.82) is 0 Å². The molecule has 0 aliphatic rings. The van der Waals surface area contributed by atoms with Gasteiger partial charge in [0.05, 0.1) is 6.54 Å². The smallest absolute Gasteiger partial charge is 0.164 e. The van der Waals surface area contributed by atoms with Crippen LogP contribution in [-0.2, 0) is 11.3 Å². The van der Waals surface area contributed by atoms with Gasteiger partial charge < -0.3 is 14.5 Å². The maximum absolute atomic E-state index is 5.47. The molecule has 0 aliphatic carbocycles. The van der Waals surface area contributed by atoms with Crippen molar-refractivity contribution in [3.05, 3.63) is 21.7 Å². The van der Waals surface area contributed by atoms with Gasteiger partial charge >= 0.3 is 0 Å². The Balaban J connectivity index is 1.88. The molecule has 0 unspecified atom stereocenters. The maximum atomic E-state index is 5.47. The fourth-order valence-corrected chi connectivity index (χ4v) is 1.77. The first-order valence-corrected chi connectivity index (χ1v) is 6.93. The van der Waals surface area contributed by atoms with Gasteiger partial charge in [0.15, 0.2) is 3.77 Å². The predicted molar refractivity (Wildman–Crippen MR) is 73.5 cm³/mol. The summed E-state index contributed by atoms with van der Waals surface area (Å²) in [4.78, 5) is 0. The predicted octanol–water partition coefficient (Wildman–Crippen LogP) is 3.18. The summed E-state index contributed by atoms with van der Waals surface area (Å²) in [5.74, 6) is 0.997. The van der Waals surface area contributed by atoms with E-state index in [1.165, 1.54) is 6.42 Å². The van der Waals surface area contributed by atoms with Crippen molar-refractivity contribution in [2.45, 2.75) is 32.7 Å². The Morgan fingerprint density at radius 3 is 2.81 bits per heavy atom. The molecular weight excluding hydrogens is 317 g/mol. The van der Waals surface area contributed by atoms with Crippen LogP contribution in [0.25, 0.3) is 0 Å². The SMILES string of the molecule is CCCCOCCCNCc1ccc(I)o1. The lowest BCUT2D eigenvalue weighted by Gasteiger charge is -2.04. The largest absolute Gasteiger partial charge is 0.454 e. The third-order valence-electron chi connectivity index (χ3n) is 2.21. The van der Waals surface area contributed by atoms with Crippen molar-refractivity contribution in [3.8, 4) is 0 Å². The molecule has 0 spiro atoms. The lowest BCUT2D eigenvalue weighted by molar-refractivity contribution is 0.128. The summed E-state index contributed by atoms with van der Waals surface area (Å²) in [6, 6.07) is 3.98. The molecule has 0 fully saturated rings. The Hall–Kier alpha value is -0.0700. The van der Waals surface area contributed by atoms with Gasteiger partial charge in [-0.1, -0.05) is 13.3 Å². The van der Waals surface area contributed by atoms with Gasteiger partial charge in [-0.15, -0.1) is 0 Å². The van der Waals surface area contributed by atoms with Gasteiger partial charge in [0.25, 0.3) is 0 Å². The monoisotopic (exact) mass is 337 g/mol. The summed E-state index contributed by atoms with van der Waals surface area (Å²) >= 11 is 2.17. The summed E-state index contributed by atoms with van der Waals surface area (Å²) in [6.45, 7) is 5.70. The number of hydrogen-bond acceptors (Lipinski definition) is 3. The fourth-order valence-electron chi connectivity index (χ4n) is 1.31. The maximum Gasteiger partial charge on any atom is 0.164 e. The first kappa shape index (κ1) is 14.0. The molecule has 1 heterocycles. The van der Waals surface area contributed by atoms with Crippen molar-refractivity contribution in [3.63, 3.8) is 0 Å². The van der Waals surface area contributed by atoms with Crippen LogP contribution < -0.4 is 5.32 Å². The third-order valence-corrected chi connectivity index (χ3v) is 2.79. The van der Waals surface area contributed by atoms with E-state index in [1.807, 2.05) is 12.1 Å². The average molecular weight is 337 g/mol. The molecule has 3 nitrogen and oxygen atoms in total. The van der Waals surface area contributed by atoms with E-state index in [0.717, 1.165) is 48.7 Å². The Kier molecular flexibility index (Phi) is 7.88. The molecule has 0 aromatic carbocycles. The normalized spacial score (nSPS) is 10.9. The van der Waals surface area contributed by atoms with Crippen molar-refractivity contribution >= 4 is 22.6 Å². The molecule has 4 heteroatoms. The molecule has 0 bridgehead atoms. The van der Waals surface area contributed by atoms with Crippen molar-refractivity contribution in [1.82, 2.24) is 5.32 Å². The number of hydrogen-bond donors (Lipinski definition) is 1. The van der Waals surface area contributed by atoms with E-state index in [2.05, 4.69) is 34.8 Å². The van der Waals surface area contributed by atoms with Crippen molar-refractivity contribution < 1.29 is 9.15 Å². The van der Waals surface area contributed by atoms with Crippen LogP contribution in [0.3, 0.4) is 0 Å². The molecule has 0 aliphatic heterocycles. The highest BCUT2D eigenvalue weighted by Crippen LogP contribution is 2.09. The number of nitrogens with one attached hydrogen (secondary N) is 1. The van der Waals surface area contributed by atoms with E-state index in [1.54, 1.807) is 0 Å². The Morgan fingerprint density at radius 2 is 2.12 bits per heavy atom. The van der Waals surface area contributed by atoms with Crippen LogP contribution in [0.5, 0.6) is 0 Å². The summed E-state index contributed by atoms with van der Waals surface area (Å²) in [7, 11) is 0. The number of furan rings is 1. The standard InChI is InChI=1S/C12H20INO2/c1-2-3-8-15-9-4-7-14-10-11-5-6-12(13)16-11/h5-6,14H,2-4,7-10H2,1H3. The number of halogens is 1. The van der Waals surface area contributed by atoms with Crippen LogP contribution in [-0.4, -0.2) is 19.8 Å². The highest BCUT2D eigenvalue weighted by atomic mass is 127. The summed E-state index contributed by atoms with van der Waals surface area (Å²) in [5, 5.41) is 3.33. The highest BCUT2D eigenvalue weighted by molar-refractivity contribution is 14.1. The molecular formula is C12H20INO2. The zero-order valence-electron chi connectivity index (χ0n) is 9.80. The van der Waals surface area contributed by atoms with Gasteiger partial charge in [0.1, 0.15) is 5.76 Å². The van der Waals surface area contributed by atoms with Gasteiger partial charge in [-0.05, 0) is 54.1 Å². The first-order valence-electron chi connectivity index (χ1n) is 5.85. The summed E-state index contributed by atoms with van der Waals surface area (Å²) in [5.41, 5.74) is 0. The van der Waals surface area contributed by atoms with Gasteiger partial charge in [-0.25, -0.2) is 0 Å². The average Bonchev–Trinajstić information content (AvgIpc) is 2.68. The molecule has 1 aromatic heterocycles. The molecule has 1 N–H and O–H groups in total. The topological polar surface area (TPSA) is 34.4 Å². The zero-order valence-corrected chi connectivity index (χ0v) is 12.0. The Labute approximate surface area is 111 Å².